The molecule has 28 heavy (non-hydrogen) atoms. The van der Waals surface area contributed by atoms with Crippen molar-refractivity contribution in [2.75, 3.05) is 19.1 Å². The Morgan fingerprint density at radius 1 is 1.32 bits per heavy atom. The minimum absolute atomic E-state index is 0.358. The largest absolute Gasteiger partial charge is 0.493 e. The van der Waals surface area contributed by atoms with Crippen LogP contribution in [0.15, 0.2) is 40.9 Å². The number of carboxylic acids is 1. The number of hydrogen-bond acceptors (Lipinski definition) is 5. The second kappa shape index (κ2) is 11.6. The Morgan fingerprint density at radius 3 is 2.75 bits per heavy atom. The molecule has 8 heteroatoms. The number of carbonyl (C=O) groups is 1. The number of hydrogen-bond donors (Lipinski definition) is 2. The second-order valence-corrected chi connectivity index (χ2v) is 8.34. The van der Waals surface area contributed by atoms with Crippen LogP contribution in [0.25, 0.3) is 0 Å². The summed E-state index contributed by atoms with van der Waals surface area (Å²) in [6, 6.07) is 10.6. The van der Waals surface area contributed by atoms with Gasteiger partial charge in [0.05, 0.1) is 7.11 Å². The van der Waals surface area contributed by atoms with Crippen molar-refractivity contribution < 1.29 is 19.4 Å². The van der Waals surface area contributed by atoms with Crippen molar-refractivity contribution in [3.05, 3.63) is 57.0 Å². The minimum Gasteiger partial charge on any atom is -0.493 e. The van der Waals surface area contributed by atoms with E-state index in [4.69, 9.17) is 21.1 Å². The fourth-order valence-corrected chi connectivity index (χ4v) is 3.70. The number of benzene rings is 2. The van der Waals surface area contributed by atoms with Crippen LogP contribution in [0.1, 0.15) is 17.5 Å². The first-order valence-corrected chi connectivity index (χ1v) is 11.2. The predicted octanol–water partition coefficient (Wildman–Crippen LogP) is 4.99. The van der Waals surface area contributed by atoms with Crippen molar-refractivity contribution >= 4 is 45.3 Å². The molecule has 1 unspecified atom stereocenters. The van der Waals surface area contributed by atoms with Crippen molar-refractivity contribution in [2.45, 2.75) is 25.6 Å². The van der Waals surface area contributed by atoms with Gasteiger partial charge in [0, 0.05) is 16.0 Å². The summed E-state index contributed by atoms with van der Waals surface area (Å²) in [5.74, 6) is 1.11. The molecule has 0 aliphatic carbocycles. The SMILES string of the molecule is COc1cc(CNC(CCSC)C(=O)O)c(Br)cc1OCc1cccc(Cl)c1. The average Bonchev–Trinajstić information content (AvgIpc) is 2.67. The molecule has 2 aromatic carbocycles. The molecule has 0 aliphatic rings. The zero-order valence-corrected chi connectivity index (χ0v) is 18.9. The summed E-state index contributed by atoms with van der Waals surface area (Å²) in [5, 5.41) is 13.1. The Balaban J connectivity index is 2.08. The third kappa shape index (κ3) is 6.88. The van der Waals surface area contributed by atoms with Crippen LogP contribution in [-0.2, 0) is 17.9 Å². The van der Waals surface area contributed by atoms with Gasteiger partial charge in [-0.05, 0) is 53.8 Å². The molecule has 0 aliphatic heterocycles. The van der Waals surface area contributed by atoms with Crippen LogP contribution in [0.5, 0.6) is 11.5 Å². The first-order valence-electron chi connectivity index (χ1n) is 8.63. The Labute approximate surface area is 182 Å². The van der Waals surface area contributed by atoms with E-state index in [2.05, 4.69) is 21.2 Å². The maximum Gasteiger partial charge on any atom is 0.320 e. The van der Waals surface area contributed by atoms with E-state index in [1.807, 2.05) is 42.7 Å². The molecule has 0 aromatic heterocycles. The number of ether oxygens (including phenoxy) is 2. The zero-order chi connectivity index (χ0) is 20.5. The maximum atomic E-state index is 11.4. The van der Waals surface area contributed by atoms with E-state index in [-0.39, 0.29) is 0 Å². The molecule has 0 fully saturated rings. The Hall–Kier alpha value is -1.41. The summed E-state index contributed by atoms with van der Waals surface area (Å²) in [4.78, 5) is 11.4. The molecule has 152 valence electrons. The highest BCUT2D eigenvalue weighted by molar-refractivity contribution is 9.10. The summed E-state index contributed by atoms with van der Waals surface area (Å²) in [6.45, 7) is 0.758. The third-order valence-electron chi connectivity index (χ3n) is 4.06. The number of methoxy groups -OCH3 is 1. The Bertz CT molecular complexity index is 806. The van der Waals surface area contributed by atoms with E-state index < -0.39 is 12.0 Å². The molecule has 0 radical (unpaired) electrons. The lowest BCUT2D eigenvalue weighted by atomic mass is 10.1. The molecule has 2 rings (SSSR count). The van der Waals surface area contributed by atoms with Gasteiger partial charge in [0.25, 0.3) is 0 Å². The molecule has 2 N–H and O–H groups in total. The first kappa shape index (κ1) is 22.9. The molecule has 0 bridgehead atoms. The number of thioether (sulfide) groups is 1. The van der Waals surface area contributed by atoms with Gasteiger partial charge in [-0.2, -0.15) is 11.8 Å². The number of halogens is 2. The highest BCUT2D eigenvalue weighted by Gasteiger charge is 2.18. The van der Waals surface area contributed by atoms with Crippen molar-refractivity contribution in [1.29, 1.82) is 0 Å². The highest BCUT2D eigenvalue weighted by atomic mass is 79.9. The quantitative estimate of drug-likeness (QED) is 0.465. The van der Waals surface area contributed by atoms with Crippen molar-refractivity contribution in [1.82, 2.24) is 5.32 Å². The van der Waals surface area contributed by atoms with Crippen LogP contribution >= 0.6 is 39.3 Å². The van der Waals surface area contributed by atoms with Crippen molar-refractivity contribution in [3.63, 3.8) is 0 Å². The van der Waals surface area contributed by atoms with Gasteiger partial charge in [-0.3, -0.25) is 4.79 Å². The van der Waals surface area contributed by atoms with E-state index in [0.717, 1.165) is 21.4 Å². The zero-order valence-electron chi connectivity index (χ0n) is 15.7. The molecule has 0 saturated heterocycles. The lowest BCUT2D eigenvalue weighted by Gasteiger charge is -2.17. The highest BCUT2D eigenvalue weighted by Crippen LogP contribution is 2.34. The maximum absolute atomic E-state index is 11.4. The fraction of sp³-hybridized carbons (Fsp3) is 0.350. The van der Waals surface area contributed by atoms with E-state index in [1.54, 1.807) is 18.9 Å². The van der Waals surface area contributed by atoms with Gasteiger partial charge in [-0.25, -0.2) is 0 Å². The molecule has 0 heterocycles. The lowest BCUT2D eigenvalue weighted by Crippen LogP contribution is -2.36. The van der Waals surface area contributed by atoms with E-state index in [9.17, 15) is 9.90 Å². The first-order chi connectivity index (χ1) is 13.4. The summed E-state index contributed by atoms with van der Waals surface area (Å²) in [7, 11) is 1.57. The Morgan fingerprint density at radius 2 is 2.11 bits per heavy atom. The van der Waals surface area contributed by atoms with Crippen molar-refractivity contribution in [2.24, 2.45) is 0 Å². The molecule has 0 saturated carbocycles. The average molecular weight is 489 g/mol. The van der Waals surface area contributed by atoms with Gasteiger partial charge in [0.15, 0.2) is 11.5 Å². The van der Waals surface area contributed by atoms with Gasteiger partial charge in [0.2, 0.25) is 0 Å². The Kier molecular flexibility index (Phi) is 9.44. The molecular weight excluding hydrogens is 466 g/mol. The summed E-state index contributed by atoms with van der Waals surface area (Å²) >= 11 is 11.2. The van der Waals surface area contributed by atoms with Gasteiger partial charge < -0.3 is 19.9 Å². The van der Waals surface area contributed by atoms with E-state index in [0.29, 0.717) is 36.1 Å². The third-order valence-corrected chi connectivity index (χ3v) is 5.68. The number of aliphatic carboxylic acids is 1. The van der Waals surface area contributed by atoms with Crippen LogP contribution in [0.3, 0.4) is 0 Å². The topological polar surface area (TPSA) is 67.8 Å². The summed E-state index contributed by atoms with van der Waals surface area (Å²) in [6.07, 6.45) is 2.52. The van der Waals surface area contributed by atoms with Crippen LogP contribution in [0.2, 0.25) is 5.02 Å². The van der Waals surface area contributed by atoms with Crippen LogP contribution in [-0.4, -0.2) is 36.2 Å². The summed E-state index contributed by atoms with van der Waals surface area (Å²) in [5.41, 5.74) is 1.84. The smallest absolute Gasteiger partial charge is 0.320 e. The number of rotatable bonds is 11. The molecular formula is C20H23BrClNO4S. The van der Waals surface area contributed by atoms with E-state index >= 15 is 0 Å². The standard InChI is InChI=1S/C20H23BrClNO4S/c1-26-18-9-14(11-23-17(20(24)25)6-7-28-2)16(21)10-19(18)27-12-13-4-3-5-15(22)8-13/h3-5,8-10,17,23H,6-7,11-12H2,1-2H3,(H,24,25). The lowest BCUT2D eigenvalue weighted by molar-refractivity contribution is -0.139. The van der Waals surface area contributed by atoms with Gasteiger partial charge >= 0.3 is 5.97 Å². The molecule has 2 aromatic rings. The predicted molar refractivity (Wildman–Crippen MR) is 118 cm³/mol. The molecule has 0 spiro atoms. The molecule has 0 amide bonds. The van der Waals surface area contributed by atoms with Crippen LogP contribution in [0.4, 0.5) is 0 Å². The monoisotopic (exact) mass is 487 g/mol. The van der Waals surface area contributed by atoms with E-state index in [1.165, 1.54) is 0 Å². The molecule has 1 atom stereocenters. The number of nitrogens with one attached hydrogen (secondary N) is 1. The number of carboxylic acid groups (broad SMARTS) is 1. The van der Waals surface area contributed by atoms with Crippen molar-refractivity contribution in [3.8, 4) is 11.5 Å². The van der Waals surface area contributed by atoms with Crippen LogP contribution < -0.4 is 14.8 Å². The normalized spacial score (nSPS) is 11.9. The molecule has 5 nitrogen and oxygen atoms in total. The summed E-state index contributed by atoms with van der Waals surface area (Å²) < 4.78 is 12.2. The van der Waals surface area contributed by atoms with Gasteiger partial charge in [-0.1, -0.05) is 39.7 Å². The van der Waals surface area contributed by atoms with Gasteiger partial charge in [0.1, 0.15) is 12.6 Å². The van der Waals surface area contributed by atoms with Gasteiger partial charge in [-0.15, -0.1) is 0 Å². The second-order valence-electron chi connectivity index (χ2n) is 6.07. The fourth-order valence-electron chi connectivity index (χ4n) is 2.55. The minimum atomic E-state index is -0.849. The van der Waals surface area contributed by atoms with Crippen LogP contribution in [0, 0.1) is 0 Å².